The summed E-state index contributed by atoms with van der Waals surface area (Å²) in [5, 5.41) is 0.991. The van der Waals surface area contributed by atoms with Crippen LogP contribution in [-0.2, 0) is 0 Å². The lowest BCUT2D eigenvalue weighted by atomic mass is 10.1. The summed E-state index contributed by atoms with van der Waals surface area (Å²) in [5.41, 5.74) is 2.09. The molecule has 1 aliphatic rings. The first kappa shape index (κ1) is 12.7. The van der Waals surface area contributed by atoms with Crippen molar-refractivity contribution >= 4 is 11.3 Å². The van der Waals surface area contributed by atoms with Crippen molar-refractivity contribution in [1.29, 1.82) is 0 Å². The molecule has 2 aromatic rings. The second-order valence-electron chi connectivity index (χ2n) is 5.14. The molecule has 5 heteroatoms. The number of nitrogens with zero attached hydrogens (tertiary/aromatic N) is 4. The highest BCUT2D eigenvalue weighted by molar-refractivity contribution is 7.14. The van der Waals surface area contributed by atoms with Crippen LogP contribution in [0.25, 0.3) is 10.7 Å². The predicted molar refractivity (Wildman–Crippen MR) is 77.2 cm³/mol. The Kier molecular flexibility index (Phi) is 3.33. The van der Waals surface area contributed by atoms with Crippen LogP contribution in [0.3, 0.4) is 0 Å². The summed E-state index contributed by atoms with van der Waals surface area (Å²) in [6, 6.07) is 2.54. The Morgan fingerprint density at radius 1 is 1.32 bits per heavy atom. The first-order valence-electron chi connectivity index (χ1n) is 6.62. The number of hydrogen-bond acceptors (Lipinski definition) is 5. The normalized spacial score (nSPS) is 20.1. The van der Waals surface area contributed by atoms with E-state index in [4.69, 9.17) is 0 Å². The molecule has 4 nitrogen and oxygen atoms in total. The van der Waals surface area contributed by atoms with E-state index in [1.165, 1.54) is 17.7 Å². The maximum absolute atomic E-state index is 4.62. The molecule has 3 rings (SSSR count). The van der Waals surface area contributed by atoms with Crippen LogP contribution in [0.1, 0.15) is 35.3 Å². The quantitative estimate of drug-likeness (QED) is 0.844. The van der Waals surface area contributed by atoms with Crippen molar-refractivity contribution in [2.45, 2.75) is 32.7 Å². The van der Waals surface area contributed by atoms with E-state index >= 15 is 0 Å². The molecule has 0 radical (unpaired) electrons. The average molecular weight is 274 g/mol. The Balaban J connectivity index is 2.00. The van der Waals surface area contributed by atoms with Crippen molar-refractivity contribution in [3.05, 3.63) is 28.7 Å². The van der Waals surface area contributed by atoms with E-state index in [0.717, 1.165) is 28.8 Å². The molecule has 0 amide bonds. The number of aromatic nitrogens is 3. The van der Waals surface area contributed by atoms with Gasteiger partial charge >= 0.3 is 0 Å². The van der Waals surface area contributed by atoms with E-state index in [-0.39, 0.29) is 0 Å². The van der Waals surface area contributed by atoms with Crippen LogP contribution >= 0.6 is 11.3 Å². The Hall–Kier alpha value is -1.33. The fourth-order valence-corrected chi connectivity index (χ4v) is 3.35. The van der Waals surface area contributed by atoms with Gasteiger partial charge in [-0.25, -0.2) is 15.0 Å². The summed E-state index contributed by atoms with van der Waals surface area (Å²) in [4.78, 5) is 17.2. The van der Waals surface area contributed by atoms with E-state index in [0.29, 0.717) is 6.04 Å². The Bertz CT molecular complexity index is 593. The minimum Gasteiger partial charge on any atom is -0.298 e. The van der Waals surface area contributed by atoms with Gasteiger partial charge in [-0.1, -0.05) is 0 Å². The van der Waals surface area contributed by atoms with Gasteiger partial charge in [-0.15, -0.1) is 11.3 Å². The fraction of sp³-hybridized carbons (Fsp3) is 0.500. The molecule has 0 bridgehead atoms. The largest absolute Gasteiger partial charge is 0.298 e. The van der Waals surface area contributed by atoms with Crippen LogP contribution in [-0.4, -0.2) is 33.4 Å². The van der Waals surface area contributed by atoms with Crippen LogP contribution in [0.4, 0.5) is 0 Å². The van der Waals surface area contributed by atoms with E-state index in [2.05, 4.69) is 39.9 Å². The van der Waals surface area contributed by atoms with Gasteiger partial charge in [0.15, 0.2) is 0 Å². The monoisotopic (exact) mass is 274 g/mol. The zero-order valence-corrected chi connectivity index (χ0v) is 12.4. The maximum Gasteiger partial charge on any atom is 0.142 e. The molecule has 1 aliphatic heterocycles. The van der Waals surface area contributed by atoms with Gasteiger partial charge in [0, 0.05) is 11.1 Å². The fourth-order valence-electron chi connectivity index (χ4n) is 2.63. The van der Waals surface area contributed by atoms with E-state index in [1.54, 1.807) is 11.3 Å². The van der Waals surface area contributed by atoms with Crippen LogP contribution in [0.5, 0.6) is 0 Å². The zero-order chi connectivity index (χ0) is 13.4. The summed E-state index contributed by atoms with van der Waals surface area (Å²) < 4.78 is 0. The second kappa shape index (κ2) is 4.98. The average Bonchev–Trinajstić information content (AvgIpc) is 2.97. The molecule has 1 atom stereocenters. The van der Waals surface area contributed by atoms with Gasteiger partial charge in [-0.2, -0.15) is 0 Å². The maximum atomic E-state index is 4.62. The van der Waals surface area contributed by atoms with Crippen molar-refractivity contribution in [2.75, 3.05) is 13.6 Å². The number of rotatable bonds is 2. The van der Waals surface area contributed by atoms with Gasteiger partial charge in [0.05, 0.1) is 11.7 Å². The Morgan fingerprint density at radius 3 is 2.79 bits per heavy atom. The van der Waals surface area contributed by atoms with Crippen molar-refractivity contribution in [3.8, 4) is 10.7 Å². The SMILES string of the molecule is Cc1nc(-c2ncc(C)s2)cc([C@H]2CCCN2C)n1. The molecular weight excluding hydrogens is 256 g/mol. The van der Waals surface area contributed by atoms with E-state index in [9.17, 15) is 0 Å². The summed E-state index contributed by atoms with van der Waals surface area (Å²) in [7, 11) is 2.17. The Labute approximate surface area is 117 Å². The molecule has 1 fully saturated rings. The highest BCUT2D eigenvalue weighted by Gasteiger charge is 2.24. The van der Waals surface area contributed by atoms with Gasteiger partial charge in [-0.05, 0) is 46.3 Å². The highest BCUT2D eigenvalue weighted by atomic mass is 32.1. The number of aryl methyl sites for hydroxylation is 2. The molecule has 0 saturated carbocycles. The minimum absolute atomic E-state index is 0.432. The molecule has 3 heterocycles. The van der Waals surface area contributed by atoms with Gasteiger partial charge in [-0.3, -0.25) is 4.90 Å². The summed E-state index contributed by atoms with van der Waals surface area (Å²) in [5.74, 6) is 0.834. The number of thiazole rings is 1. The molecule has 2 aromatic heterocycles. The topological polar surface area (TPSA) is 41.9 Å². The first-order chi connectivity index (χ1) is 9.13. The first-order valence-corrected chi connectivity index (χ1v) is 7.44. The van der Waals surface area contributed by atoms with Crippen LogP contribution in [0.15, 0.2) is 12.3 Å². The lowest BCUT2D eigenvalue weighted by Crippen LogP contribution is -2.19. The third kappa shape index (κ3) is 2.53. The lowest BCUT2D eigenvalue weighted by Gasteiger charge is -2.19. The van der Waals surface area contributed by atoms with Gasteiger partial charge in [0.25, 0.3) is 0 Å². The number of hydrogen-bond donors (Lipinski definition) is 0. The minimum atomic E-state index is 0.432. The van der Waals surface area contributed by atoms with Crippen molar-refractivity contribution < 1.29 is 0 Å². The van der Waals surface area contributed by atoms with Gasteiger partial charge < -0.3 is 0 Å². The smallest absolute Gasteiger partial charge is 0.142 e. The molecule has 19 heavy (non-hydrogen) atoms. The lowest BCUT2D eigenvalue weighted by molar-refractivity contribution is 0.311. The summed E-state index contributed by atoms with van der Waals surface area (Å²) >= 11 is 1.69. The van der Waals surface area contributed by atoms with E-state index in [1.807, 2.05) is 13.1 Å². The van der Waals surface area contributed by atoms with Crippen molar-refractivity contribution in [3.63, 3.8) is 0 Å². The third-order valence-corrected chi connectivity index (χ3v) is 4.50. The molecule has 0 aromatic carbocycles. The Morgan fingerprint density at radius 2 is 2.16 bits per heavy atom. The zero-order valence-electron chi connectivity index (χ0n) is 11.6. The molecule has 1 saturated heterocycles. The van der Waals surface area contributed by atoms with Crippen molar-refractivity contribution in [2.24, 2.45) is 0 Å². The second-order valence-corrected chi connectivity index (χ2v) is 6.37. The van der Waals surface area contributed by atoms with Gasteiger partial charge in [0.1, 0.15) is 16.5 Å². The molecule has 100 valence electrons. The summed E-state index contributed by atoms with van der Waals surface area (Å²) in [6.07, 6.45) is 4.33. The third-order valence-electron chi connectivity index (χ3n) is 3.56. The molecule has 0 spiro atoms. The summed E-state index contributed by atoms with van der Waals surface area (Å²) in [6.45, 7) is 5.18. The van der Waals surface area contributed by atoms with Crippen LogP contribution in [0, 0.1) is 13.8 Å². The number of likely N-dealkylation sites (tertiary alicyclic amines) is 1. The molecule has 0 aliphatic carbocycles. The standard InChI is InChI=1S/C14H18N4S/c1-9-8-15-14(19-9)12-7-11(16-10(2)17-12)13-5-4-6-18(13)3/h7-8,13H,4-6H2,1-3H3/t13-/m1/s1. The van der Waals surface area contributed by atoms with Crippen LogP contribution in [0.2, 0.25) is 0 Å². The predicted octanol–water partition coefficient (Wildman–Crippen LogP) is 2.98. The van der Waals surface area contributed by atoms with Gasteiger partial charge in [0.2, 0.25) is 0 Å². The molecule has 0 unspecified atom stereocenters. The van der Waals surface area contributed by atoms with Crippen LogP contribution < -0.4 is 0 Å². The molecule has 0 N–H and O–H groups in total. The van der Waals surface area contributed by atoms with Crippen molar-refractivity contribution in [1.82, 2.24) is 19.9 Å². The van der Waals surface area contributed by atoms with E-state index < -0.39 is 0 Å². The molecular formula is C14H18N4S. The highest BCUT2D eigenvalue weighted by Crippen LogP contribution is 2.31.